The minimum atomic E-state index is 0.202. The minimum Gasteiger partial charge on any atom is -0.328 e. The van der Waals surface area contributed by atoms with Crippen LogP contribution in [0.25, 0.3) is 0 Å². The van der Waals surface area contributed by atoms with Gasteiger partial charge in [0.25, 0.3) is 0 Å². The fourth-order valence-corrected chi connectivity index (χ4v) is 2.71. The summed E-state index contributed by atoms with van der Waals surface area (Å²) in [4.78, 5) is 18.4. The van der Waals surface area contributed by atoms with E-state index in [0.717, 1.165) is 26.2 Å². The summed E-state index contributed by atoms with van der Waals surface area (Å²) in [6.07, 6.45) is 3.92. The number of hydrogen-bond acceptors (Lipinski definition) is 2. The Labute approximate surface area is 98.2 Å². The van der Waals surface area contributed by atoms with Crippen LogP contribution >= 0.6 is 0 Å². The highest BCUT2D eigenvalue weighted by Crippen LogP contribution is 2.21. The first-order valence-corrected chi connectivity index (χ1v) is 6.46. The van der Waals surface area contributed by atoms with E-state index in [4.69, 9.17) is 0 Å². The van der Waals surface area contributed by atoms with Gasteiger partial charge in [0.05, 0.1) is 0 Å². The summed E-state index contributed by atoms with van der Waals surface area (Å²) in [7, 11) is 1.88. The molecule has 0 N–H and O–H groups in total. The molecule has 0 aromatic rings. The van der Waals surface area contributed by atoms with Gasteiger partial charge in [0.1, 0.15) is 0 Å². The van der Waals surface area contributed by atoms with Gasteiger partial charge in [-0.05, 0) is 26.3 Å². The quantitative estimate of drug-likeness (QED) is 0.671. The van der Waals surface area contributed by atoms with Crippen molar-refractivity contribution in [2.75, 3.05) is 39.8 Å². The Balaban J connectivity index is 1.92. The van der Waals surface area contributed by atoms with Crippen molar-refractivity contribution in [1.82, 2.24) is 14.7 Å². The lowest BCUT2D eigenvalue weighted by molar-refractivity contribution is 0.0561. The van der Waals surface area contributed by atoms with Gasteiger partial charge in [-0.2, -0.15) is 0 Å². The molecule has 0 aromatic carbocycles. The van der Waals surface area contributed by atoms with Crippen LogP contribution in [0.3, 0.4) is 0 Å². The molecular formula is C12H23N3O. The third kappa shape index (κ3) is 2.32. The number of carbonyl (C=O) groups excluding carboxylic acids is 1. The Bertz CT molecular complexity index is 257. The molecule has 2 aliphatic rings. The van der Waals surface area contributed by atoms with E-state index in [-0.39, 0.29) is 6.03 Å². The van der Waals surface area contributed by atoms with E-state index in [0.29, 0.717) is 6.04 Å². The van der Waals surface area contributed by atoms with Crippen LogP contribution in [-0.4, -0.2) is 66.5 Å². The highest BCUT2D eigenvalue weighted by molar-refractivity contribution is 5.74. The maximum absolute atomic E-state index is 12.0. The van der Waals surface area contributed by atoms with Crippen molar-refractivity contribution in [1.29, 1.82) is 0 Å². The molecule has 0 aromatic heterocycles. The van der Waals surface area contributed by atoms with Crippen molar-refractivity contribution in [3.63, 3.8) is 0 Å². The topological polar surface area (TPSA) is 26.8 Å². The van der Waals surface area contributed by atoms with Crippen molar-refractivity contribution >= 4 is 6.03 Å². The molecule has 0 spiro atoms. The second-order valence-corrected chi connectivity index (χ2v) is 4.93. The first kappa shape index (κ1) is 11.7. The Morgan fingerprint density at radius 1 is 1.31 bits per heavy atom. The molecule has 0 saturated carbocycles. The smallest absolute Gasteiger partial charge is 0.319 e. The summed E-state index contributed by atoms with van der Waals surface area (Å²) in [6, 6.07) is 0.824. The van der Waals surface area contributed by atoms with E-state index < -0.39 is 0 Å². The van der Waals surface area contributed by atoms with Crippen LogP contribution < -0.4 is 0 Å². The molecule has 2 aliphatic heterocycles. The number of piperidine rings is 1. The molecule has 16 heavy (non-hydrogen) atoms. The number of piperazine rings is 1. The first-order valence-electron chi connectivity index (χ1n) is 6.46. The van der Waals surface area contributed by atoms with Crippen LogP contribution in [0.2, 0.25) is 0 Å². The van der Waals surface area contributed by atoms with E-state index in [1.54, 1.807) is 4.90 Å². The third-order valence-electron chi connectivity index (χ3n) is 3.91. The standard InChI is InChI=1S/C12H23N3O/c1-3-13(2)12(16)15-9-8-14-7-5-4-6-11(14)10-15/h11H,3-10H2,1-2H3. The van der Waals surface area contributed by atoms with Gasteiger partial charge in [-0.15, -0.1) is 0 Å². The normalized spacial score (nSPS) is 26.4. The number of rotatable bonds is 1. The van der Waals surface area contributed by atoms with Gasteiger partial charge in [0.2, 0.25) is 0 Å². The molecule has 2 heterocycles. The SMILES string of the molecule is CCN(C)C(=O)N1CCN2CCCCC2C1. The number of carbonyl (C=O) groups is 1. The number of urea groups is 1. The molecule has 0 bridgehead atoms. The van der Waals surface area contributed by atoms with Crippen molar-refractivity contribution in [2.45, 2.75) is 32.2 Å². The molecular weight excluding hydrogens is 202 g/mol. The van der Waals surface area contributed by atoms with E-state index in [1.807, 2.05) is 18.9 Å². The van der Waals surface area contributed by atoms with Gasteiger partial charge in [0, 0.05) is 39.3 Å². The number of fused-ring (bicyclic) bond motifs is 1. The molecule has 1 unspecified atom stereocenters. The Hall–Kier alpha value is -0.770. The summed E-state index contributed by atoms with van der Waals surface area (Å²) >= 11 is 0. The van der Waals surface area contributed by atoms with E-state index >= 15 is 0 Å². The Morgan fingerprint density at radius 2 is 2.12 bits per heavy atom. The molecule has 2 fully saturated rings. The average molecular weight is 225 g/mol. The van der Waals surface area contributed by atoms with Crippen molar-refractivity contribution in [2.24, 2.45) is 0 Å². The third-order valence-corrected chi connectivity index (χ3v) is 3.91. The number of amides is 2. The van der Waals surface area contributed by atoms with Gasteiger partial charge in [-0.3, -0.25) is 4.90 Å². The summed E-state index contributed by atoms with van der Waals surface area (Å²) in [6.45, 7) is 6.95. The highest BCUT2D eigenvalue weighted by atomic mass is 16.2. The van der Waals surface area contributed by atoms with E-state index in [1.165, 1.54) is 25.8 Å². The Kier molecular flexibility index (Phi) is 3.69. The van der Waals surface area contributed by atoms with Crippen LogP contribution in [0, 0.1) is 0 Å². The van der Waals surface area contributed by atoms with Crippen LogP contribution in [0.15, 0.2) is 0 Å². The van der Waals surface area contributed by atoms with Gasteiger partial charge in [0.15, 0.2) is 0 Å². The molecule has 0 aliphatic carbocycles. The van der Waals surface area contributed by atoms with Crippen LogP contribution in [0.1, 0.15) is 26.2 Å². The van der Waals surface area contributed by atoms with Crippen LogP contribution in [0.4, 0.5) is 4.79 Å². The molecule has 0 radical (unpaired) electrons. The molecule has 2 saturated heterocycles. The highest BCUT2D eigenvalue weighted by Gasteiger charge is 2.31. The average Bonchev–Trinajstić information content (AvgIpc) is 2.36. The molecule has 92 valence electrons. The van der Waals surface area contributed by atoms with Gasteiger partial charge in [-0.25, -0.2) is 4.79 Å². The van der Waals surface area contributed by atoms with Gasteiger partial charge >= 0.3 is 6.03 Å². The summed E-state index contributed by atoms with van der Waals surface area (Å²) in [5.74, 6) is 0. The summed E-state index contributed by atoms with van der Waals surface area (Å²) < 4.78 is 0. The van der Waals surface area contributed by atoms with Crippen molar-refractivity contribution in [3.8, 4) is 0 Å². The van der Waals surface area contributed by atoms with E-state index in [9.17, 15) is 4.79 Å². The zero-order valence-electron chi connectivity index (χ0n) is 10.5. The summed E-state index contributed by atoms with van der Waals surface area (Å²) in [5, 5.41) is 0. The lowest BCUT2D eigenvalue weighted by Gasteiger charge is -2.44. The predicted octanol–water partition coefficient (Wildman–Crippen LogP) is 1.23. The van der Waals surface area contributed by atoms with Crippen molar-refractivity contribution < 1.29 is 4.79 Å². The predicted molar refractivity (Wildman–Crippen MR) is 64.5 cm³/mol. The second-order valence-electron chi connectivity index (χ2n) is 4.93. The van der Waals surface area contributed by atoms with Crippen LogP contribution in [-0.2, 0) is 0 Å². The van der Waals surface area contributed by atoms with Gasteiger partial charge < -0.3 is 9.80 Å². The Morgan fingerprint density at radius 3 is 2.88 bits per heavy atom. The molecule has 4 heteroatoms. The lowest BCUT2D eigenvalue weighted by Crippen LogP contribution is -2.58. The zero-order valence-corrected chi connectivity index (χ0v) is 10.5. The van der Waals surface area contributed by atoms with E-state index in [2.05, 4.69) is 4.90 Å². The molecule has 2 amide bonds. The summed E-state index contributed by atoms with van der Waals surface area (Å²) in [5.41, 5.74) is 0. The number of nitrogens with zero attached hydrogens (tertiary/aromatic N) is 3. The first-order chi connectivity index (χ1) is 7.72. The zero-order chi connectivity index (χ0) is 11.5. The maximum atomic E-state index is 12.0. The maximum Gasteiger partial charge on any atom is 0.319 e. The lowest BCUT2D eigenvalue weighted by atomic mass is 10.00. The fraction of sp³-hybridized carbons (Fsp3) is 0.917. The largest absolute Gasteiger partial charge is 0.328 e. The van der Waals surface area contributed by atoms with Gasteiger partial charge in [-0.1, -0.05) is 6.42 Å². The molecule has 4 nitrogen and oxygen atoms in total. The number of hydrogen-bond donors (Lipinski definition) is 0. The fourth-order valence-electron chi connectivity index (χ4n) is 2.71. The minimum absolute atomic E-state index is 0.202. The molecule has 2 rings (SSSR count). The second kappa shape index (κ2) is 5.04. The molecule has 1 atom stereocenters. The van der Waals surface area contributed by atoms with Crippen molar-refractivity contribution in [3.05, 3.63) is 0 Å². The monoisotopic (exact) mass is 225 g/mol. The van der Waals surface area contributed by atoms with Crippen LogP contribution in [0.5, 0.6) is 0 Å².